The van der Waals surface area contributed by atoms with Crippen molar-refractivity contribution in [3.63, 3.8) is 0 Å². The van der Waals surface area contributed by atoms with Crippen molar-refractivity contribution in [1.29, 1.82) is 0 Å². The third kappa shape index (κ3) is 1.53. The van der Waals surface area contributed by atoms with E-state index in [4.69, 9.17) is 21.3 Å². The van der Waals surface area contributed by atoms with E-state index in [1.54, 1.807) is 7.11 Å². The molecule has 2 aliphatic carbocycles. The van der Waals surface area contributed by atoms with Gasteiger partial charge in [-0.3, -0.25) is 4.99 Å². The smallest absolute Gasteiger partial charge is 0.187 e. The minimum atomic E-state index is 0.435. The van der Waals surface area contributed by atoms with E-state index in [-0.39, 0.29) is 0 Å². The molecule has 2 nitrogen and oxygen atoms in total. The van der Waals surface area contributed by atoms with E-state index in [9.17, 15) is 0 Å². The van der Waals surface area contributed by atoms with Gasteiger partial charge in [-0.05, 0) is 48.9 Å². The number of allylic oxidation sites excluding steroid dienone is 2. The summed E-state index contributed by atoms with van der Waals surface area (Å²) in [6.07, 6.45) is 8.82. The van der Waals surface area contributed by atoms with Crippen LogP contribution in [0.3, 0.4) is 0 Å². The summed E-state index contributed by atoms with van der Waals surface area (Å²) in [6, 6.07) is 0.435. The lowest BCUT2D eigenvalue weighted by Gasteiger charge is -2.45. The zero-order chi connectivity index (χ0) is 13.2. The van der Waals surface area contributed by atoms with Crippen LogP contribution in [0.5, 0.6) is 0 Å². The van der Waals surface area contributed by atoms with Crippen molar-refractivity contribution in [2.75, 3.05) is 7.11 Å². The van der Waals surface area contributed by atoms with Crippen molar-refractivity contribution in [1.82, 2.24) is 0 Å². The van der Waals surface area contributed by atoms with Gasteiger partial charge in [0, 0.05) is 11.0 Å². The fourth-order valence-corrected chi connectivity index (χ4v) is 5.49. The maximum Gasteiger partial charge on any atom is 0.187 e. The Morgan fingerprint density at radius 1 is 1.37 bits per heavy atom. The topological polar surface area (TPSA) is 21.6 Å². The van der Waals surface area contributed by atoms with Crippen LogP contribution in [0.4, 0.5) is 0 Å². The molecule has 1 saturated carbocycles. The Bertz CT molecular complexity index is 465. The number of hydrogen-bond donors (Lipinski definition) is 0. The number of halogens is 1. The Hall–Kier alpha value is -0.500. The fourth-order valence-electron chi connectivity index (χ4n) is 5.22. The molecule has 2 heterocycles. The molecule has 4 unspecified atom stereocenters. The molecule has 2 aliphatic heterocycles. The Morgan fingerprint density at radius 2 is 2.16 bits per heavy atom. The standard InChI is InChI=1S/C16H22ClNO/c1-9-12(17)8-11-10-4-3-5-13(18-15(10)19-2)14(9)16(11)6-7-16/h8-11,13-14H,3-7H2,1-2H3/t9-,10?,11?,13?,14?/m1/s1. The van der Waals surface area contributed by atoms with E-state index in [1.165, 1.54) is 32.1 Å². The molecular formula is C16H22ClNO. The summed E-state index contributed by atoms with van der Waals surface area (Å²) >= 11 is 6.57. The first-order valence-electron chi connectivity index (χ1n) is 7.66. The van der Waals surface area contributed by atoms with Crippen LogP contribution < -0.4 is 0 Å². The lowest BCUT2D eigenvalue weighted by atomic mass is 9.60. The number of hydrogen-bond acceptors (Lipinski definition) is 2. The molecule has 3 heteroatoms. The number of nitrogens with zero attached hydrogens (tertiary/aromatic N) is 1. The minimum absolute atomic E-state index is 0.435. The third-order valence-electron chi connectivity index (χ3n) is 6.15. The predicted molar refractivity (Wildman–Crippen MR) is 77.3 cm³/mol. The van der Waals surface area contributed by atoms with Crippen molar-refractivity contribution >= 4 is 17.5 Å². The van der Waals surface area contributed by atoms with Gasteiger partial charge < -0.3 is 4.74 Å². The van der Waals surface area contributed by atoms with E-state index in [1.807, 2.05) is 0 Å². The second-order valence-corrected chi connectivity index (χ2v) is 7.34. The van der Waals surface area contributed by atoms with Crippen LogP contribution in [0.2, 0.25) is 0 Å². The SMILES string of the molecule is COC1=NC2CCCC1C1C=C(Cl)[C@@H](C)C2C12CC2. The van der Waals surface area contributed by atoms with E-state index < -0.39 is 0 Å². The Morgan fingerprint density at radius 3 is 2.84 bits per heavy atom. The van der Waals surface area contributed by atoms with Gasteiger partial charge >= 0.3 is 0 Å². The summed E-state index contributed by atoms with van der Waals surface area (Å²) < 4.78 is 5.66. The van der Waals surface area contributed by atoms with Gasteiger partial charge in [0.1, 0.15) is 0 Å². The van der Waals surface area contributed by atoms with Gasteiger partial charge in [0.15, 0.2) is 5.90 Å². The molecule has 4 aliphatic rings. The number of fused-ring (bicyclic) bond motifs is 4. The van der Waals surface area contributed by atoms with E-state index in [0.717, 1.165) is 10.9 Å². The summed E-state index contributed by atoms with van der Waals surface area (Å²) in [4.78, 5) is 5.02. The molecule has 1 spiro atoms. The van der Waals surface area contributed by atoms with E-state index in [0.29, 0.717) is 35.1 Å². The lowest BCUT2D eigenvalue weighted by molar-refractivity contribution is 0.107. The molecule has 5 atom stereocenters. The van der Waals surface area contributed by atoms with Gasteiger partial charge in [-0.25, -0.2) is 0 Å². The Balaban J connectivity index is 1.89. The number of methoxy groups -OCH3 is 1. The summed E-state index contributed by atoms with van der Waals surface area (Å²) in [5.41, 5.74) is 0.497. The van der Waals surface area contributed by atoms with E-state index >= 15 is 0 Å². The molecule has 0 N–H and O–H groups in total. The third-order valence-corrected chi connectivity index (χ3v) is 6.62. The molecule has 0 saturated heterocycles. The Kier molecular flexibility index (Phi) is 2.58. The van der Waals surface area contributed by atoms with Gasteiger partial charge in [-0.2, -0.15) is 0 Å². The maximum atomic E-state index is 6.57. The molecule has 0 radical (unpaired) electrons. The average Bonchev–Trinajstić information content (AvgIpc) is 3.19. The van der Waals surface area contributed by atoms with Crippen LogP contribution in [0.1, 0.15) is 39.0 Å². The number of rotatable bonds is 0. The van der Waals surface area contributed by atoms with Crippen molar-refractivity contribution in [3.05, 3.63) is 11.1 Å². The minimum Gasteiger partial charge on any atom is -0.484 e. The largest absolute Gasteiger partial charge is 0.484 e. The van der Waals surface area contributed by atoms with Gasteiger partial charge in [0.2, 0.25) is 0 Å². The second-order valence-electron chi connectivity index (χ2n) is 6.90. The van der Waals surface area contributed by atoms with Gasteiger partial charge in [-0.1, -0.05) is 31.0 Å². The first kappa shape index (κ1) is 12.3. The zero-order valence-electron chi connectivity index (χ0n) is 11.7. The normalized spacial score (nSPS) is 46.2. The number of ether oxygens (including phenoxy) is 1. The second kappa shape index (κ2) is 4.00. The maximum absolute atomic E-state index is 6.57. The molecule has 0 aromatic heterocycles. The van der Waals surface area contributed by atoms with Gasteiger partial charge in [0.25, 0.3) is 0 Å². The summed E-state index contributed by atoms with van der Waals surface area (Å²) in [6.45, 7) is 2.30. The predicted octanol–water partition coefficient (Wildman–Crippen LogP) is 4.00. The van der Waals surface area contributed by atoms with Gasteiger partial charge in [0.05, 0.1) is 13.2 Å². The van der Waals surface area contributed by atoms with Crippen molar-refractivity contribution in [2.24, 2.45) is 34.1 Å². The highest BCUT2D eigenvalue weighted by atomic mass is 35.5. The molecule has 4 rings (SSSR count). The summed E-state index contributed by atoms with van der Waals surface area (Å²) in [7, 11) is 1.79. The summed E-state index contributed by atoms with van der Waals surface area (Å²) in [5.74, 6) is 3.18. The average molecular weight is 280 g/mol. The quantitative estimate of drug-likeness (QED) is 0.657. The molecule has 1 fully saturated rings. The molecule has 104 valence electrons. The first-order valence-corrected chi connectivity index (χ1v) is 8.04. The van der Waals surface area contributed by atoms with Crippen molar-refractivity contribution < 1.29 is 4.74 Å². The molecule has 19 heavy (non-hydrogen) atoms. The highest BCUT2D eigenvalue weighted by Gasteiger charge is 2.64. The summed E-state index contributed by atoms with van der Waals surface area (Å²) in [5, 5.41) is 1.08. The highest BCUT2D eigenvalue weighted by molar-refractivity contribution is 6.30. The van der Waals surface area contributed by atoms with Crippen LogP contribution in [-0.4, -0.2) is 19.0 Å². The van der Waals surface area contributed by atoms with Crippen molar-refractivity contribution in [2.45, 2.75) is 45.1 Å². The molecular weight excluding hydrogens is 258 g/mol. The first-order chi connectivity index (χ1) is 9.17. The van der Waals surface area contributed by atoms with Crippen molar-refractivity contribution in [3.8, 4) is 0 Å². The fraction of sp³-hybridized carbons (Fsp3) is 0.812. The Labute approximate surface area is 120 Å². The number of aliphatic imine (C=N–C) groups is 1. The molecule has 0 amide bonds. The zero-order valence-corrected chi connectivity index (χ0v) is 12.5. The van der Waals surface area contributed by atoms with Gasteiger partial charge in [-0.15, -0.1) is 0 Å². The van der Waals surface area contributed by atoms with Crippen LogP contribution in [0, 0.1) is 29.1 Å². The molecule has 4 bridgehead atoms. The van der Waals surface area contributed by atoms with Crippen LogP contribution in [-0.2, 0) is 4.74 Å². The lowest BCUT2D eigenvalue weighted by Crippen LogP contribution is -2.42. The van der Waals surface area contributed by atoms with Crippen LogP contribution in [0.15, 0.2) is 16.1 Å². The molecule has 0 aromatic carbocycles. The monoisotopic (exact) mass is 279 g/mol. The van der Waals surface area contributed by atoms with Crippen LogP contribution in [0.25, 0.3) is 0 Å². The van der Waals surface area contributed by atoms with Crippen LogP contribution >= 0.6 is 11.6 Å². The van der Waals surface area contributed by atoms with E-state index in [2.05, 4.69) is 13.0 Å². The highest BCUT2D eigenvalue weighted by Crippen LogP contribution is 2.69. The molecule has 0 aromatic rings.